The Balaban J connectivity index is 2.34. The molecule has 0 saturated heterocycles. The number of carbonyl (C=O) groups is 1. The Bertz CT molecular complexity index is 679. The number of halogens is 2. The summed E-state index contributed by atoms with van der Waals surface area (Å²) in [6, 6.07) is 5.91. The van der Waals surface area contributed by atoms with Gasteiger partial charge in [0.2, 0.25) is 0 Å². The van der Waals surface area contributed by atoms with E-state index in [0.29, 0.717) is 16.5 Å². The normalized spacial score (nSPS) is 10.1. The van der Waals surface area contributed by atoms with Crippen LogP contribution in [0.1, 0.15) is 10.4 Å². The van der Waals surface area contributed by atoms with Crippen molar-refractivity contribution in [3.8, 4) is 5.75 Å². The van der Waals surface area contributed by atoms with Gasteiger partial charge in [-0.1, -0.05) is 11.6 Å². The van der Waals surface area contributed by atoms with Gasteiger partial charge in [0, 0.05) is 12.1 Å². The minimum atomic E-state index is -0.600. The maximum atomic E-state index is 13.3. The van der Waals surface area contributed by atoms with E-state index in [2.05, 4.69) is 15.6 Å². The molecule has 1 aromatic carbocycles. The summed E-state index contributed by atoms with van der Waals surface area (Å²) in [7, 11) is 3.07. The summed E-state index contributed by atoms with van der Waals surface area (Å²) >= 11 is 5.90. The lowest BCUT2D eigenvalue weighted by molar-refractivity contribution is 0.102. The van der Waals surface area contributed by atoms with Crippen LogP contribution in [0.4, 0.5) is 15.9 Å². The summed E-state index contributed by atoms with van der Waals surface area (Å²) in [5.41, 5.74) is 0.473. The van der Waals surface area contributed by atoms with Crippen LogP contribution in [0.2, 0.25) is 5.02 Å². The van der Waals surface area contributed by atoms with E-state index >= 15 is 0 Å². The third-order valence-corrected chi connectivity index (χ3v) is 2.98. The second-order valence-electron chi connectivity index (χ2n) is 4.10. The third-order valence-electron chi connectivity index (χ3n) is 2.75. The number of methoxy groups -OCH3 is 1. The van der Waals surface area contributed by atoms with Crippen LogP contribution < -0.4 is 15.4 Å². The Kier molecular flexibility index (Phi) is 4.59. The molecule has 0 spiro atoms. The van der Waals surface area contributed by atoms with Crippen LogP contribution in [0.15, 0.2) is 30.5 Å². The molecule has 1 heterocycles. The van der Waals surface area contributed by atoms with E-state index in [1.165, 1.54) is 7.11 Å². The Hall–Kier alpha value is -2.34. The van der Waals surface area contributed by atoms with Crippen LogP contribution >= 0.6 is 11.6 Å². The lowest BCUT2D eigenvalue weighted by Crippen LogP contribution is -2.15. The SMILES string of the molecule is CNc1ncc(F)cc1C(=O)Nc1cc(Cl)ccc1OC. The average molecular weight is 310 g/mol. The fourth-order valence-corrected chi connectivity index (χ4v) is 1.95. The number of amides is 1. The Morgan fingerprint density at radius 3 is 2.81 bits per heavy atom. The van der Waals surface area contributed by atoms with Gasteiger partial charge in [-0.25, -0.2) is 9.37 Å². The van der Waals surface area contributed by atoms with E-state index in [9.17, 15) is 9.18 Å². The number of aromatic nitrogens is 1. The Morgan fingerprint density at radius 1 is 1.38 bits per heavy atom. The van der Waals surface area contributed by atoms with Gasteiger partial charge in [-0.05, 0) is 24.3 Å². The molecule has 0 unspecified atom stereocenters. The molecule has 7 heteroatoms. The molecule has 1 amide bonds. The van der Waals surface area contributed by atoms with Gasteiger partial charge in [0.15, 0.2) is 0 Å². The third kappa shape index (κ3) is 3.41. The molecule has 0 aliphatic heterocycles. The predicted molar refractivity (Wildman–Crippen MR) is 79.7 cm³/mol. The van der Waals surface area contributed by atoms with Crippen molar-refractivity contribution in [2.75, 3.05) is 24.8 Å². The first kappa shape index (κ1) is 15.1. The van der Waals surface area contributed by atoms with Crippen molar-refractivity contribution >= 4 is 29.0 Å². The van der Waals surface area contributed by atoms with Gasteiger partial charge >= 0.3 is 0 Å². The first-order valence-electron chi connectivity index (χ1n) is 6.03. The number of hydrogen-bond acceptors (Lipinski definition) is 4. The summed E-state index contributed by atoms with van der Waals surface area (Å²) in [4.78, 5) is 16.1. The fraction of sp³-hybridized carbons (Fsp3) is 0.143. The molecule has 0 aliphatic carbocycles. The summed E-state index contributed by atoms with van der Waals surface area (Å²) in [6.45, 7) is 0. The second kappa shape index (κ2) is 6.41. The van der Waals surface area contributed by atoms with E-state index < -0.39 is 11.7 Å². The van der Waals surface area contributed by atoms with Crippen molar-refractivity contribution in [2.45, 2.75) is 0 Å². The van der Waals surface area contributed by atoms with Crippen molar-refractivity contribution in [1.82, 2.24) is 4.98 Å². The molecule has 110 valence electrons. The van der Waals surface area contributed by atoms with Gasteiger partial charge in [0.1, 0.15) is 17.4 Å². The Labute approximate surface area is 126 Å². The van der Waals surface area contributed by atoms with Gasteiger partial charge in [-0.2, -0.15) is 0 Å². The van der Waals surface area contributed by atoms with Crippen molar-refractivity contribution < 1.29 is 13.9 Å². The predicted octanol–water partition coefficient (Wildman–Crippen LogP) is 3.18. The number of carbonyl (C=O) groups excluding carboxylic acids is 1. The molecule has 2 rings (SSSR count). The zero-order valence-corrected chi connectivity index (χ0v) is 12.2. The zero-order valence-electron chi connectivity index (χ0n) is 11.4. The second-order valence-corrected chi connectivity index (χ2v) is 4.53. The van der Waals surface area contributed by atoms with Gasteiger partial charge in [-0.15, -0.1) is 0 Å². The first-order valence-corrected chi connectivity index (χ1v) is 6.41. The largest absolute Gasteiger partial charge is 0.495 e. The molecule has 1 aromatic heterocycles. The smallest absolute Gasteiger partial charge is 0.259 e. The van der Waals surface area contributed by atoms with E-state index in [-0.39, 0.29) is 11.4 Å². The molecule has 0 bridgehead atoms. The number of rotatable bonds is 4. The van der Waals surface area contributed by atoms with Crippen LogP contribution in [-0.4, -0.2) is 25.0 Å². The molecule has 0 atom stereocenters. The van der Waals surface area contributed by atoms with Crippen molar-refractivity contribution in [3.63, 3.8) is 0 Å². The lowest BCUT2D eigenvalue weighted by Gasteiger charge is -2.12. The van der Waals surface area contributed by atoms with E-state index in [1.807, 2.05) is 0 Å². The molecule has 0 aliphatic rings. The molecule has 0 radical (unpaired) electrons. The number of nitrogens with zero attached hydrogens (tertiary/aromatic N) is 1. The minimum absolute atomic E-state index is 0.0829. The summed E-state index contributed by atoms with van der Waals surface area (Å²) in [6.07, 6.45) is 1.03. The highest BCUT2D eigenvalue weighted by atomic mass is 35.5. The zero-order chi connectivity index (χ0) is 15.4. The molecule has 21 heavy (non-hydrogen) atoms. The van der Waals surface area contributed by atoms with Crippen LogP contribution in [0.3, 0.4) is 0 Å². The quantitative estimate of drug-likeness (QED) is 0.910. The van der Waals surface area contributed by atoms with Crippen LogP contribution in [0.25, 0.3) is 0 Å². The minimum Gasteiger partial charge on any atom is -0.495 e. The van der Waals surface area contributed by atoms with E-state index in [4.69, 9.17) is 16.3 Å². The highest BCUT2D eigenvalue weighted by Gasteiger charge is 2.15. The summed E-state index contributed by atoms with van der Waals surface area (Å²) < 4.78 is 18.4. The number of benzene rings is 1. The summed E-state index contributed by atoms with van der Waals surface area (Å²) in [5.74, 6) is -0.401. The van der Waals surface area contributed by atoms with Gasteiger partial charge in [-0.3, -0.25) is 4.79 Å². The van der Waals surface area contributed by atoms with E-state index in [1.54, 1.807) is 25.2 Å². The van der Waals surface area contributed by atoms with Crippen LogP contribution in [-0.2, 0) is 0 Å². The first-order chi connectivity index (χ1) is 10.0. The van der Waals surface area contributed by atoms with E-state index in [0.717, 1.165) is 12.3 Å². The number of hydrogen-bond donors (Lipinski definition) is 2. The molecule has 2 aromatic rings. The molecule has 0 fully saturated rings. The van der Waals surface area contributed by atoms with Crippen LogP contribution in [0, 0.1) is 5.82 Å². The average Bonchev–Trinajstić information content (AvgIpc) is 2.47. The van der Waals surface area contributed by atoms with Crippen LogP contribution in [0.5, 0.6) is 5.75 Å². The number of ether oxygens (including phenoxy) is 1. The molecule has 2 N–H and O–H groups in total. The maximum absolute atomic E-state index is 13.3. The fourth-order valence-electron chi connectivity index (χ4n) is 1.78. The molecular formula is C14H13ClFN3O2. The summed E-state index contributed by atoms with van der Waals surface area (Å²) in [5, 5.41) is 5.80. The molecule has 0 saturated carbocycles. The molecule has 5 nitrogen and oxygen atoms in total. The Morgan fingerprint density at radius 2 is 2.14 bits per heavy atom. The van der Waals surface area contributed by atoms with Crippen molar-refractivity contribution in [1.29, 1.82) is 0 Å². The maximum Gasteiger partial charge on any atom is 0.259 e. The standard InChI is InChI=1S/C14H13ClFN3O2/c1-17-13-10(6-9(16)7-18-13)14(20)19-11-5-8(15)3-4-12(11)21-2/h3-7H,1-2H3,(H,17,18)(H,19,20). The highest BCUT2D eigenvalue weighted by molar-refractivity contribution is 6.31. The number of nitrogens with one attached hydrogen (secondary N) is 2. The highest BCUT2D eigenvalue weighted by Crippen LogP contribution is 2.28. The monoisotopic (exact) mass is 309 g/mol. The number of pyridine rings is 1. The van der Waals surface area contributed by atoms with Crippen molar-refractivity contribution in [2.24, 2.45) is 0 Å². The molecular weight excluding hydrogens is 297 g/mol. The lowest BCUT2D eigenvalue weighted by atomic mass is 10.2. The topological polar surface area (TPSA) is 63.2 Å². The number of anilines is 2. The van der Waals surface area contributed by atoms with Gasteiger partial charge < -0.3 is 15.4 Å². The van der Waals surface area contributed by atoms with Gasteiger partial charge in [0.25, 0.3) is 5.91 Å². The van der Waals surface area contributed by atoms with Crippen molar-refractivity contribution in [3.05, 3.63) is 46.9 Å². The van der Waals surface area contributed by atoms with Gasteiger partial charge in [0.05, 0.1) is 24.6 Å².